The summed E-state index contributed by atoms with van der Waals surface area (Å²) in [6.45, 7) is 1.87. The molecule has 0 spiro atoms. The molecule has 2 N–H and O–H groups in total. The molecule has 0 aromatic heterocycles. The van der Waals surface area contributed by atoms with Crippen LogP contribution in [0.2, 0.25) is 0 Å². The van der Waals surface area contributed by atoms with Gasteiger partial charge in [-0.25, -0.2) is 13.1 Å². The Hall–Kier alpha value is -0.910. The minimum absolute atomic E-state index is 0.0453. The number of aliphatic hydroxyl groups excluding tert-OH is 1. The standard InChI is InChI=1S/C11H17NO3S/c1-10(8-13)9-16(14,15)12-7-11-5-3-2-4-6-11/h2-6,10,12-13H,7-9H2,1H3. The van der Waals surface area contributed by atoms with Crippen LogP contribution in [-0.4, -0.2) is 25.9 Å². The zero-order valence-corrected chi connectivity index (χ0v) is 10.1. The quantitative estimate of drug-likeness (QED) is 0.774. The molecule has 0 radical (unpaired) electrons. The first-order valence-electron chi connectivity index (χ1n) is 5.15. The van der Waals surface area contributed by atoms with E-state index in [0.717, 1.165) is 5.56 Å². The SMILES string of the molecule is CC(CO)CS(=O)(=O)NCc1ccccc1. The normalized spacial score (nSPS) is 13.6. The molecule has 4 nitrogen and oxygen atoms in total. The van der Waals surface area contributed by atoms with Crippen molar-refractivity contribution in [1.29, 1.82) is 0 Å². The van der Waals surface area contributed by atoms with E-state index in [2.05, 4.69) is 4.72 Å². The lowest BCUT2D eigenvalue weighted by Gasteiger charge is -2.10. The maximum absolute atomic E-state index is 11.6. The molecule has 1 aromatic carbocycles. The summed E-state index contributed by atoms with van der Waals surface area (Å²) in [5.41, 5.74) is 0.919. The van der Waals surface area contributed by atoms with E-state index in [1.165, 1.54) is 0 Å². The molecule has 90 valence electrons. The average molecular weight is 243 g/mol. The van der Waals surface area contributed by atoms with Crippen LogP contribution in [0.15, 0.2) is 30.3 Å². The van der Waals surface area contributed by atoms with Crippen molar-refractivity contribution in [3.8, 4) is 0 Å². The molecule has 0 saturated carbocycles. The van der Waals surface area contributed by atoms with Gasteiger partial charge in [0.25, 0.3) is 0 Å². The molecule has 1 unspecified atom stereocenters. The Kier molecular flexibility index (Phi) is 4.92. The maximum Gasteiger partial charge on any atom is 0.212 e. The van der Waals surface area contributed by atoms with Crippen molar-refractivity contribution in [1.82, 2.24) is 4.72 Å². The first-order chi connectivity index (χ1) is 7.53. The first kappa shape index (κ1) is 13.2. The molecule has 5 heteroatoms. The van der Waals surface area contributed by atoms with E-state index in [1.54, 1.807) is 6.92 Å². The van der Waals surface area contributed by atoms with Gasteiger partial charge >= 0.3 is 0 Å². The molecular formula is C11H17NO3S. The molecular weight excluding hydrogens is 226 g/mol. The Labute approximate surface area is 96.4 Å². The van der Waals surface area contributed by atoms with Crippen molar-refractivity contribution >= 4 is 10.0 Å². The van der Waals surface area contributed by atoms with Crippen molar-refractivity contribution in [3.05, 3.63) is 35.9 Å². The summed E-state index contributed by atoms with van der Waals surface area (Å²) in [7, 11) is -3.30. The lowest BCUT2D eigenvalue weighted by molar-refractivity contribution is 0.249. The van der Waals surface area contributed by atoms with Gasteiger partial charge in [-0.2, -0.15) is 0 Å². The monoisotopic (exact) mass is 243 g/mol. The van der Waals surface area contributed by atoms with E-state index in [4.69, 9.17) is 5.11 Å². The first-order valence-corrected chi connectivity index (χ1v) is 6.81. The molecule has 1 rings (SSSR count). The molecule has 0 aliphatic carbocycles. The van der Waals surface area contributed by atoms with E-state index < -0.39 is 10.0 Å². The molecule has 0 fully saturated rings. The zero-order valence-electron chi connectivity index (χ0n) is 9.26. The third-order valence-corrected chi connectivity index (χ3v) is 3.75. The molecule has 1 aromatic rings. The topological polar surface area (TPSA) is 66.4 Å². The number of benzene rings is 1. The molecule has 0 bridgehead atoms. The van der Waals surface area contributed by atoms with Gasteiger partial charge in [0, 0.05) is 13.2 Å². The Morgan fingerprint density at radius 2 is 1.94 bits per heavy atom. The molecule has 0 aliphatic heterocycles. The summed E-state index contributed by atoms with van der Waals surface area (Å²) in [5.74, 6) is -0.288. The molecule has 0 amide bonds. The van der Waals surface area contributed by atoms with E-state index in [0.29, 0.717) is 6.54 Å². The van der Waals surface area contributed by atoms with Crippen LogP contribution in [0, 0.1) is 5.92 Å². The molecule has 1 atom stereocenters. The Bertz CT molecular complexity index is 402. The van der Waals surface area contributed by atoms with Crippen LogP contribution < -0.4 is 4.72 Å². The fraction of sp³-hybridized carbons (Fsp3) is 0.455. The van der Waals surface area contributed by atoms with Crippen molar-refractivity contribution < 1.29 is 13.5 Å². The predicted octanol–water partition coefficient (Wildman–Crippen LogP) is 0.734. The second-order valence-corrected chi connectivity index (χ2v) is 5.73. The molecule has 16 heavy (non-hydrogen) atoms. The Morgan fingerprint density at radius 1 is 1.31 bits per heavy atom. The Morgan fingerprint density at radius 3 is 2.50 bits per heavy atom. The third-order valence-electron chi connectivity index (χ3n) is 2.15. The van der Waals surface area contributed by atoms with Crippen LogP contribution in [0.3, 0.4) is 0 Å². The van der Waals surface area contributed by atoms with Gasteiger partial charge in [-0.15, -0.1) is 0 Å². The van der Waals surface area contributed by atoms with E-state index in [1.807, 2.05) is 30.3 Å². The van der Waals surface area contributed by atoms with Crippen molar-refractivity contribution in [3.63, 3.8) is 0 Å². The molecule has 0 aliphatic rings. The van der Waals surface area contributed by atoms with Crippen molar-refractivity contribution in [2.75, 3.05) is 12.4 Å². The van der Waals surface area contributed by atoms with E-state index >= 15 is 0 Å². The highest BCUT2D eigenvalue weighted by molar-refractivity contribution is 7.89. The Balaban J connectivity index is 2.49. The summed E-state index contributed by atoms with van der Waals surface area (Å²) in [6, 6.07) is 9.32. The number of sulfonamides is 1. The van der Waals surface area contributed by atoms with Gasteiger partial charge in [-0.05, 0) is 11.5 Å². The van der Waals surface area contributed by atoms with Crippen LogP contribution >= 0.6 is 0 Å². The van der Waals surface area contributed by atoms with Gasteiger partial charge in [-0.1, -0.05) is 37.3 Å². The van der Waals surface area contributed by atoms with Crippen LogP contribution in [0.25, 0.3) is 0 Å². The van der Waals surface area contributed by atoms with Crippen molar-refractivity contribution in [2.24, 2.45) is 5.92 Å². The smallest absolute Gasteiger partial charge is 0.212 e. The van der Waals surface area contributed by atoms with Crippen LogP contribution in [0.1, 0.15) is 12.5 Å². The van der Waals surface area contributed by atoms with E-state index in [-0.39, 0.29) is 18.3 Å². The highest BCUT2D eigenvalue weighted by Crippen LogP contribution is 2.02. The van der Waals surface area contributed by atoms with Gasteiger partial charge in [0.1, 0.15) is 0 Å². The summed E-state index contributed by atoms with van der Waals surface area (Å²) < 4.78 is 25.6. The fourth-order valence-corrected chi connectivity index (χ4v) is 2.63. The van der Waals surface area contributed by atoms with Gasteiger partial charge in [0.05, 0.1) is 5.75 Å². The van der Waals surface area contributed by atoms with E-state index in [9.17, 15) is 8.42 Å². The van der Waals surface area contributed by atoms with Crippen LogP contribution in [-0.2, 0) is 16.6 Å². The molecule has 0 heterocycles. The van der Waals surface area contributed by atoms with Crippen LogP contribution in [0.5, 0.6) is 0 Å². The maximum atomic E-state index is 11.6. The van der Waals surface area contributed by atoms with Crippen molar-refractivity contribution in [2.45, 2.75) is 13.5 Å². The van der Waals surface area contributed by atoms with Gasteiger partial charge in [0.2, 0.25) is 10.0 Å². The lowest BCUT2D eigenvalue weighted by Crippen LogP contribution is -2.29. The van der Waals surface area contributed by atoms with Gasteiger partial charge < -0.3 is 5.11 Å². The van der Waals surface area contributed by atoms with Gasteiger partial charge in [0.15, 0.2) is 0 Å². The summed E-state index contributed by atoms with van der Waals surface area (Å²) in [6.07, 6.45) is 0. The summed E-state index contributed by atoms with van der Waals surface area (Å²) in [5, 5.41) is 8.79. The largest absolute Gasteiger partial charge is 0.396 e. The van der Waals surface area contributed by atoms with Gasteiger partial charge in [-0.3, -0.25) is 0 Å². The highest BCUT2D eigenvalue weighted by atomic mass is 32.2. The fourth-order valence-electron chi connectivity index (χ4n) is 1.28. The number of aliphatic hydroxyl groups is 1. The number of nitrogens with one attached hydrogen (secondary N) is 1. The minimum Gasteiger partial charge on any atom is -0.396 e. The number of hydrogen-bond acceptors (Lipinski definition) is 3. The lowest BCUT2D eigenvalue weighted by atomic mass is 10.2. The third kappa shape index (κ3) is 4.74. The number of rotatable bonds is 6. The number of hydrogen-bond donors (Lipinski definition) is 2. The van der Waals surface area contributed by atoms with Crippen LogP contribution in [0.4, 0.5) is 0 Å². The summed E-state index contributed by atoms with van der Waals surface area (Å²) in [4.78, 5) is 0. The second-order valence-electron chi connectivity index (χ2n) is 3.88. The summed E-state index contributed by atoms with van der Waals surface area (Å²) >= 11 is 0. The zero-order chi connectivity index (χ0) is 12.0. The highest BCUT2D eigenvalue weighted by Gasteiger charge is 2.14. The average Bonchev–Trinajstić information content (AvgIpc) is 2.27. The predicted molar refractivity (Wildman–Crippen MR) is 63.3 cm³/mol. The minimum atomic E-state index is -3.30. The second kappa shape index (κ2) is 5.98. The molecule has 0 saturated heterocycles.